The molecule has 0 spiro atoms. The first-order valence-electron chi connectivity index (χ1n) is 10.4. The number of ketones is 1. The van der Waals surface area contributed by atoms with E-state index in [2.05, 4.69) is 16.5 Å². The van der Waals surface area contributed by atoms with Crippen molar-refractivity contribution in [3.63, 3.8) is 0 Å². The van der Waals surface area contributed by atoms with Crippen LogP contribution in [0, 0.1) is 5.82 Å². The van der Waals surface area contributed by atoms with E-state index in [1.165, 1.54) is 17.8 Å². The van der Waals surface area contributed by atoms with Gasteiger partial charge in [-0.15, -0.1) is 0 Å². The Hall–Kier alpha value is -4.06. The zero-order valence-electron chi connectivity index (χ0n) is 17.2. The predicted octanol–water partition coefficient (Wildman–Crippen LogP) is 4.47. The van der Waals surface area contributed by atoms with E-state index < -0.39 is 0 Å². The minimum atomic E-state index is -0.309. The first-order valence-corrected chi connectivity index (χ1v) is 10.4. The van der Waals surface area contributed by atoms with E-state index in [1.807, 2.05) is 24.3 Å². The van der Waals surface area contributed by atoms with Gasteiger partial charge in [0, 0.05) is 29.3 Å². The number of allylic oxidation sites excluding steroid dienone is 3. The Bertz CT molecular complexity index is 1330. The molecule has 5 rings (SSSR count). The van der Waals surface area contributed by atoms with E-state index in [0.29, 0.717) is 28.8 Å². The molecule has 0 saturated carbocycles. The lowest BCUT2D eigenvalue weighted by Crippen LogP contribution is -2.18. The van der Waals surface area contributed by atoms with Crippen LogP contribution in [-0.4, -0.2) is 21.5 Å². The molecular formula is C26H20FN3O2. The monoisotopic (exact) mass is 425 g/mol. The fourth-order valence-corrected chi connectivity index (χ4v) is 4.01. The predicted molar refractivity (Wildman–Crippen MR) is 120 cm³/mol. The van der Waals surface area contributed by atoms with Gasteiger partial charge in [-0.25, -0.2) is 4.39 Å². The van der Waals surface area contributed by atoms with Crippen molar-refractivity contribution in [3.05, 3.63) is 112 Å². The molecule has 32 heavy (non-hydrogen) atoms. The van der Waals surface area contributed by atoms with Crippen LogP contribution in [-0.2, 0) is 22.6 Å². The first kappa shape index (κ1) is 19.9. The number of Topliss-reactive ketones (excluding diaryl/α,β-unsaturated/α-hetero) is 1. The molecule has 0 fully saturated rings. The largest absolute Gasteiger partial charge is 0.319 e. The number of nitrogens with one attached hydrogen (secondary N) is 1. The molecule has 3 aromatic rings. The Labute approximate surface area is 184 Å². The van der Waals surface area contributed by atoms with Crippen molar-refractivity contribution in [2.75, 3.05) is 5.32 Å². The molecule has 5 nitrogen and oxygen atoms in total. The molecule has 0 atom stereocenters. The van der Waals surface area contributed by atoms with Gasteiger partial charge in [0.05, 0.1) is 18.4 Å². The summed E-state index contributed by atoms with van der Waals surface area (Å²) >= 11 is 0. The molecule has 0 unspecified atom stereocenters. The van der Waals surface area contributed by atoms with Crippen molar-refractivity contribution in [3.8, 4) is 0 Å². The second-order valence-electron chi connectivity index (χ2n) is 7.86. The van der Waals surface area contributed by atoms with Gasteiger partial charge in [0.1, 0.15) is 5.82 Å². The number of anilines is 1. The molecule has 1 aromatic heterocycles. The van der Waals surface area contributed by atoms with Gasteiger partial charge in [0.15, 0.2) is 5.78 Å². The molecule has 2 aliphatic rings. The second kappa shape index (κ2) is 8.23. The zero-order valence-corrected chi connectivity index (χ0v) is 17.2. The fourth-order valence-electron chi connectivity index (χ4n) is 4.01. The van der Waals surface area contributed by atoms with E-state index in [0.717, 1.165) is 11.1 Å². The molecular weight excluding hydrogens is 405 g/mol. The second-order valence-corrected chi connectivity index (χ2v) is 7.86. The molecule has 0 radical (unpaired) electrons. The van der Waals surface area contributed by atoms with Crippen LogP contribution in [0.25, 0.3) is 6.08 Å². The van der Waals surface area contributed by atoms with E-state index in [4.69, 9.17) is 0 Å². The van der Waals surface area contributed by atoms with Crippen molar-refractivity contribution in [2.45, 2.75) is 19.4 Å². The third kappa shape index (κ3) is 3.95. The Balaban J connectivity index is 1.30. The Morgan fingerprint density at radius 3 is 2.75 bits per heavy atom. The number of amides is 1. The molecule has 0 bridgehead atoms. The van der Waals surface area contributed by atoms with Crippen molar-refractivity contribution in [1.29, 1.82) is 0 Å². The zero-order chi connectivity index (χ0) is 22.1. The smallest absolute Gasteiger partial charge is 0.255 e. The number of hydrogen-bond donors (Lipinski definition) is 1. The number of hydrogen-bond acceptors (Lipinski definition) is 3. The number of carbonyl (C=O) groups excluding carboxylic acids is 2. The topological polar surface area (TPSA) is 64.0 Å². The third-order valence-corrected chi connectivity index (χ3v) is 5.66. The highest BCUT2D eigenvalue weighted by atomic mass is 19.1. The van der Waals surface area contributed by atoms with Crippen LogP contribution in [0.2, 0.25) is 0 Å². The Morgan fingerprint density at radius 1 is 1.09 bits per heavy atom. The molecule has 1 heterocycles. The average molecular weight is 425 g/mol. The average Bonchev–Trinajstić information content (AvgIpc) is 3.42. The number of aromatic nitrogens is 2. The molecule has 0 saturated heterocycles. The van der Waals surface area contributed by atoms with Crippen molar-refractivity contribution >= 4 is 23.5 Å². The van der Waals surface area contributed by atoms with Gasteiger partial charge < -0.3 is 5.32 Å². The summed E-state index contributed by atoms with van der Waals surface area (Å²) in [4.78, 5) is 25.4. The number of carbonyl (C=O) groups is 2. The van der Waals surface area contributed by atoms with E-state index in [1.54, 1.807) is 41.2 Å². The van der Waals surface area contributed by atoms with Crippen molar-refractivity contribution in [2.24, 2.45) is 0 Å². The number of fused-ring (bicyclic) bond motifs is 1. The van der Waals surface area contributed by atoms with Gasteiger partial charge in [-0.05, 0) is 35.3 Å². The summed E-state index contributed by atoms with van der Waals surface area (Å²) in [5.41, 5.74) is 5.28. The quantitative estimate of drug-likeness (QED) is 0.656. The van der Waals surface area contributed by atoms with Crippen LogP contribution in [0.4, 0.5) is 10.1 Å². The minimum absolute atomic E-state index is 0.0123. The molecule has 1 amide bonds. The minimum Gasteiger partial charge on any atom is -0.319 e. The fraction of sp³-hybridized carbons (Fsp3) is 0.115. The molecule has 6 heteroatoms. The number of halogens is 1. The number of benzene rings is 2. The van der Waals surface area contributed by atoms with Gasteiger partial charge in [-0.1, -0.05) is 54.6 Å². The highest BCUT2D eigenvalue weighted by Gasteiger charge is 2.24. The van der Waals surface area contributed by atoms with Gasteiger partial charge >= 0.3 is 0 Å². The van der Waals surface area contributed by atoms with Crippen LogP contribution < -0.4 is 5.32 Å². The first-order chi connectivity index (χ1) is 15.6. The molecule has 2 aromatic carbocycles. The SMILES string of the molecule is O=C1CC=C(C(=O)Nc2cnn(Cc3ccccc3F)c2)C=C1C1=Cc2ccccc2C1. The van der Waals surface area contributed by atoms with E-state index >= 15 is 0 Å². The lowest BCUT2D eigenvalue weighted by Gasteiger charge is -2.14. The standard InChI is InChI=1S/C26H20FN3O2/c27-24-8-4-3-7-20(24)15-30-16-22(14-28-30)29-26(32)19-9-10-25(31)23(13-19)21-11-17-5-1-2-6-18(17)12-21/h1-9,11,13-14,16H,10,12,15H2,(H,29,32). The number of nitrogens with zero attached hydrogens (tertiary/aromatic N) is 2. The van der Waals surface area contributed by atoms with Gasteiger partial charge in [0.25, 0.3) is 5.91 Å². The lowest BCUT2D eigenvalue weighted by atomic mass is 9.91. The maximum absolute atomic E-state index is 13.9. The van der Waals surface area contributed by atoms with Gasteiger partial charge in [0.2, 0.25) is 0 Å². The molecule has 2 aliphatic carbocycles. The van der Waals surface area contributed by atoms with Crippen molar-refractivity contribution in [1.82, 2.24) is 9.78 Å². The van der Waals surface area contributed by atoms with E-state index in [9.17, 15) is 14.0 Å². The molecule has 158 valence electrons. The lowest BCUT2D eigenvalue weighted by molar-refractivity contribution is -0.114. The summed E-state index contributed by atoms with van der Waals surface area (Å²) in [5.74, 6) is -0.596. The van der Waals surface area contributed by atoms with Crippen molar-refractivity contribution < 1.29 is 14.0 Å². The summed E-state index contributed by atoms with van der Waals surface area (Å²) in [5, 5.41) is 7.02. The highest BCUT2D eigenvalue weighted by molar-refractivity contribution is 6.12. The Kier molecular flexibility index (Phi) is 5.11. The summed E-state index contributed by atoms with van der Waals surface area (Å²) in [7, 11) is 0. The molecule has 1 N–H and O–H groups in total. The third-order valence-electron chi connectivity index (χ3n) is 5.66. The van der Waals surface area contributed by atoms with Crippen LogP contribution in [0.3, 0.4) is 0 Å². The number of rotatable bonds is 5. The maximum atomic E-state index is 13.9. The van der Waals surface area contributed by atoms with Crippen LogP contribution in [0.1, 0.15) is 23.1 Å². The summed E-state index contributed by atoms with van der Waals surface area (Å²) in [6.07, 6.45) is 9.39. The van der Waals surface area contributed by atoms with Gasteiger partial charge in [-0.2, -0.15) is 5.10 Å². The summed E-state index contributed by atoms with van der Waals surface area (Å²) in [6, 6.07) is 14.5. The summed E-state index contributed by atoms with van der Waals surface area (Å²) in [6.45, 7) is 0.262. The van der Waals surface area contributed by atoms with Crippen LogP contribution in [0.15, 0.2) is 89.8 Å². The maximum Gasteiger partial charge on any atom is 0.255 e. The summed E-state index contributed by atoms with van der Waals surface area (Å²) < 4.78 is 15.4. The van der Waals surface area contributed by atoms with Gasteiger partial charge in [-0.3, -0.25) is 14.3 Å². The Morgan fingerprint density at radius 2 is 1.91 bits per heavy atom. The van der Waals surface area contributed by atoms with E-state index in [-0.39, 0.29) is 30.5 Å². The van der Waals surface area contributed by atoms with Crippen LogP contribution >= 0.6 is 0 Å². The van der Waals surface area contributed by atoms with Crippen LogP contribution in [0.5, 0.6) is 0 Å². The highest BCUT2D eigenvalue weighted by Crippen LogP contribution is 2.32. The normalized spacial score (nSPS) is 15.0. The molecule has 0 aliphatic heterocycles.